The van der Waals surface area contributed by atoms with E-state index in [9.17, 15) is 9.59 Å². The van der Waals surface area contributed by atoms with Crippen LogP contribution in [0.3, 0.4) is 0 Å². The van der Waals surface area contributed by atoms with Crippen molar-refractivity contribution in [2.45, 2.75) is 18.2 Å². The Bertz CT molecular complexity index is 1460. The molecule has 0 N–H and O–H groups in total. The second-order valence-electron chi connectivity index (χ2n) is 8.65. The van der Waals surface area contributed by atoms with Crippen LogP contribution < -0.4 is 0 Å². The van der Waals surface area contributed by atoms with Crippen LogP contribution in [0.5, 0.6) is 0 Å². The molecule has 2 aromatic heterocycles. The van der Waals surface area contributed by atoms with E-state index in [-0.39, 0.29) is 5.92 Å². The van der Waals surface area contributed by atoms with Crippen LogP contribution in [0.15, 0.2) is 78.3 Å². The fourth-order valence-corrected chi connectivity index (χ4v) is 5.66. The highest BCUT2D eigenvalue weighted by atomic mass is 32.1. The molecule has 4 heterocycles. The maximum atomic E-state index is 12.6. The first-order chi connectivity index (χ1) is 17.0. The molecule has 0 saturated heterocycles. The van der Waals surface area contributed by atoms with Gasteiger partial charge in [0, 0.05) is 41.1 Å². The summed E-state index contributed by atoms with van der Waals surface area (Å²) in [5, 5.41) is 11.5. The van der Waals surface area contributed by atoms with E-state index >= 15 is 0 Å². The lowest BCUT2D eigenvalue weighted by atomic mass is 9.84. The minimum Gasteiger partial charge on any atom is -0.401 e. The number of nitrogens with zero attached hydrogens (tertiary/aromatic N) is 3. The largest absolute Gasteiger partial charge is 0.401 e. The normalized spacial score (nSPS) is 19.6. The number of fused-ring (bicyclic) bond motifs is 3. The number of esters is 2. The molecule has 4 aromatic rings. The zero-order valence-corrected chi connectivity index (χ0v) is 19.7. The Morgan fingerprint density at radius 3 is 2.63 bits per heavy atom. The van der Waals surface area contributed by atoms with Crippen molar-refractivity contribution in [3.63, 3.8) is 0 Å². The topological polar surface area (TPSA) is 81.6 Å². The minimum atomic E-state index is -1.70. The Morgan fingerprint density at radius 2 is 1.86 bits per heavy atom. The third kappa shape index (κ3) is 3.71. The zero-order valence-electron chi connectivity index (χ0n) is 18.9. The van der Waals surface area contributed by atoms with Gasteiger partial charge in [-0.3, -0.25) is 0 Å². The highest BCUT2D eigenvalue weighted by Crippen LogP contribution is 2.45. The standard InChI is InChI=1S/C27H21N3O4S/c1-30-13-10-20(17-5-7-24-19(15-17)11-14-35-24)21-6-4-18(23-3-2-12-28-29-23)16-22(21)27(30)33-25(31)8-9-26(32)34-27/h2-9,11-12,14-16,20H,10,13H2,1H3. The molecule has 1 unspecified atom stereocenters. The number of carbonyl (C=O) groups is 2. The quantitative estimate of drug-likeness (QED) is 0.386. The lowest BCUT2D eigenvalue weighted by Gasteiger charge is -2.38. The van der Waals surface area contributed by atoms with Crippen molar-refractivity contribution in [3.05, 3.63) is 95.0 Å². The zero-order chi connectivity index (χ0) is 24.0. The molecule has 0 radical (unpaired) electrons. The van der Waals surface area contributed by atoms with Gasteiger partial charge in [-0.2, -0.15) is 10.2 Å². The third-order valence-corrected chi connectivity index (χ3v) is 7.50. The van der Waals surface area contributed by atoms with E-state index in [0.29, 0.717) is 17.8 Å². The Morgan fingerprint density at radius 1 is 1.03 bits per heavy atom. The fraction of sp³-hybridized carbons (Fsp3) is 0.185. The Balaban J connectivity index is 1.58. The number of hydrogen-bond acceptors (Lipinski definition) is 8. The summed E-state index contributed by atoms with van der Waals surface area (Å²) in [5.74, 6) is -2.99. The van der Waals surface area contributed by atoms with E-state index in [1.54, 1.807) is 29.5 Å². The molecular weight excluding hydrogens is 462 g/mol. The van der Waals surface area contributed by atoms with E-state index in [4.69, 9.17) is 9.47 Å². The van der Waals surface area contributed by atoms with E-state index in [0.717, 1.165) is 35.3 Å². The molecule has 174 valence electrons. The van der Waals surface area contributed by atoms with Gasteiger partial charge < -0.3 is 9.47 Å². The Labute approximate surface area is 205 Å². The lowest BCUT2D eigenvalue weighted by Crippen LogP contribution is -2.49. The van der Waals surface area contributed by atoms with Crippen LogP contribution in [-0.2, 0) is 25.0 Å². The third-order valence-electron chi connectivity index (χ3n) is 6.61. The summed E-state index contributed by atoms with van der Waals surface area (Å²) in [5.41, 5.74) is 4.13. The molecule has 2 aliphatic rings. The van der Waals surface area contributed by atoms with Crippen LogP contribution in [0.25, 0.3) is 21.3 Å². The highest BCUT2D eigenvalue weighted by Gasteiger charge is 2.50. The predicted octanol–water partition coefficient (Wildman–Crippen LogP) is 4.59. The van der Waals surface area contributed by atoms with E-state index in [2.05, 4.69) is 39.8 Å². The Hall–Kier alpha value is -3.88. The van der Waals surface area contributed by atoms with Crippen LogP contribution >= 0.6 is 11.3 Å². The maximum absolute atomic E-state index is 12.6. The minimum absolute atomic E-state index is 0.000601. The van der Waals surface area contributed by atoms with E-state index in [1.807, 2.05) is 30.3 Å². The first-order valence-electron chi connectivity index (χ1n) is 11.3. The fourth-order valence-electron chi connectivity index (χ4n) is 4.89. The van der Waals surface area contributed by atoms with Crippen LogP contribution in [0.2, 0.25) is 0 Å². The van der Waals surface area contributed by atoms with Gasteiger partial charge in [0.2, 0.25) is 0 Å². The molecule has 2 aromatic carbocycles. The molecule has 2 aliphatic heterocycles. The summed E-state index contributed by atoms with van der Waals surface area (Å²) in [6.07, 6.45) is 4.56. The van der Waals surface area contributed by atoms with Crippen molar-refractivity contribution in [1.29, 1.82) is 0 Å². The number of rotatable bonds is 2. The van der Waals surface area contributed by atoms with E-state index in [1.165, 1.54) is 10.1 Å². The predicted molar refractivity (Wildman–Crippen MR) is 131 cm³/mol. The molecule has 0 aliphatic carbocycles. The van der Waals surface area contributed by atoms with E-state index < -0.39 is 17.8 Å². The van der Waals surface area contributed by atoms with Crippen LogP contribution in [-0.4, -0.2) is 40.6 Å². The molecule has 1 atom stereocenters. The summed E-state index contributed by atoms with van der Waals surface area (Å²) >= 11 is 1.71. The number of benzene rings is 2. The highest BCUT2D eigenvalue weighted by molar-refractivity contribution is 7.17. The van der Waals surface area contributed by atoms with Crippen molar-refractivity contribution in [2.24, 2.45) is 0 Å². The SMILES string of the molecule is CN1CCC(c2ccc3sccc3c2)c2ccc(-c3cccnn3)cc2C12OC(=O)C=CC(=O)O2. The van der Waals surface area contributed by atoms with Gasteiger partial charge in [-0.05, 0) is 71.8 Å². The van der Waals surface area contributed by atoms with Crippen molar-refractivity contribution in [3.8, 4) is 11.3 Å². The molecule has 35 heavy (non-hydrogen) atoms. The van der Waals surface area contributed by atoms with Gasteiger partial charge >= 0.3 is 17.8 Å². The summed E-state index contributed by atoms with van der Waals surface area (Å²) < 4.78 is 13.0. The second kappa shape index (κ2) is 8.41. The number of hydrogen-bond donors (Lipinski definition) is 0. The number of ether oxygens (including phenoxy) is 2. The van der Waals surface area contributed by atoms with Crippen LogP contribution in [0, 0.1) is 0 Å². The molecule has 0 fully saturated rings. The number of aromatic nitrogens is 2. The number of thiophene rings is 1. The van der Waals surface area contributed by atoms with Gasteiger partial charge in [-0.25, -0.2) is 14.5 Å². The maximum Gasteiger partial charge on any atom is 0.349 e. The van der Waals surface area contributed by atoms with Gasteiger partial charge in [-0.1, -0.05) is 18.2 Å². The molecule has 8 heteroatoms. The molecule has 1 spiro atoms. The first kappa shape index (κ1) is 21.6. The second-order valence-corrected chi connectivity index (χ2v) is 9.60. The van der Waals surface area contributed by atoms with Gasteiger partial charge in [-0.15, -0.1) is 11.3 Å². The molecule has 0 amide bonds. The van der Waals surface area contributed by atoms with Gasteiger partial charge in [0.1, 0.15) is 0 Å². The monoisotopic (exact) mass is 483 g/mol. The van der Waals surface area contributed by atoms with Crippen molar-refractivity contribution in [2.75, 3.05) is 13.6 Å². The van der Waals surface area contributed by atoms with Gasteiger partial charge in [0.25, 0.3) is 0 Å². The summed E-state index contributed by atoms with van der Waals surface area (Å²) in [4.78, 5) is 27.0. The van der Waals surface area contributed by atoms with Gasteiger partial charge in [0.15, 0.2) is 0 Å². The van der Waals surface area contributed by atoms with Crippen LogP contribution in [0.4, 0.5) is 0 Å². The summed E-state index contributed by atoms with van der Waals surface area (Å²) in [6, 6.07) is 18.2. The van der Waals surface area contributed by atoms with Gasteiger partial charge in [0.05, 0.1) is 11.3 Å². The Kier molecular flexibility index (Phi) is 5.20. The average molecular weight is 484 g/mol. The molecule has 0 saturated carbocycles. The smallest absolute Gasteiger partial charge is 0.349 e. The molecule has 0 bridgehead atoms. The van der Waals surface area contributed by atoms with Crippen molar-refractivity contribution in [1.82, 2.24) is 15.1 Å². The molecule has 6 rings (SSSR count). The lowest BCUT2D eigenvalue weighted by molar-refractivity contribution is -0.285. The molecule has 7 nitrogen and oxygen atoms in total. The first-order valence-corrected chi connectivity index (χ1v) is 12.2. The van der Waals surface area contributed by atoms with Crippen LogP contribution in [0.1, 0.15) is 29.0 Å². The summed E-state index contributed by atoms with van der Waals surface area (Å²) in [7, 11) is 1.80. The number of carbonyl (C=O) groups excluding carboxylic acids is 2. The molecular formula is C27H21N3O4S. The van der Waals surface area contributed by atoms with Crippen molar-refractivity contribution < 1.29 is 19.1 Å². The average Bonchev–Trinajstić information content (AvgIpc) is 3.25. The van der Waals surface area contributed by atoms with Crippen molar-refractivity contribution >= 4 is 33.4 Å². The summed E-state index contributed by atoms with van der Waals surface area (Å²) in [6.45, 7) is 0.530.